The number of alkyl halides is 1. The fourth-order valence-electron chi connectivity index (χ4n) is 2.38. The van der Waals surface area contributed by atoms with E-state index in [9.17, 15) is 9.18 Å². The highest BCUT2D eigenvalue weighted by Crippen LogP contribution is 2.31. The van der Waals surface area contributed by atoms with Crippen LogP contribution in [-0.4, -0.2) is 31.5 Å². The first-order chi connectivity index (χ1) is 9.67. The number of halogens is 1. The van der Waals surface area contributed by atoms with Gasteiger partial charge in [0.15, 0.2) is 10.8 Å². The number of thioether (sulfide) groups is 1. The molecule has 104 valence electrons. The normalized spacial score (nSPS) is 22.2. The monoisotopic (exact) mass is 293 g/mol. The Morgan fingerprint density at radius 2 is 2.45 bits per heavy atom. The molecule has 2 unspecified atom stereocenters. The van der Waals surface area contributed by atoms with Crippen LogP contribution < -0.4 is 5.69 Å². The first-order valence-corrected chi connectivity index (χ1v) is 7.31. The number of fused-ring (bicyclic) bond motifs is 1. The Morgan fingerprint density at radius 3 is 3.15 bits per heavy atom. The van der Waals surface area contributed by atoms with Gasteiger partial charge in [0.25, 0.3) is 0 Å². The van der Waals surface area contributed by atoms with E-state index in [1.165, 1.54) is 18.0 Å². The summed E-state index contributed by atoms with van der Waals surface area (Å²) in [7, 11) is 0. The number of aromatic nitrogens is 4. The van der Waals surface area contributed by atoms with Crippen molar-refractivity contribution in [2.24, 2.45) is 5.92 Å². The molecule has 2 atom stereocenters. The summed E-state index contributed by atoms with van der Waals surface area (Å²) in [6.45, 7) is 0. The summed E-state index contributed by atoms with van der Waals surface area (Å²) in [6, 6.07) is 1.95. The van der Waals surface area contributed by atoms with Crippen LogP contribution in [0.1, 0.15) is 24.8 Å². The van der Waals surface area contributed by atoms with Gasteiger partial charge < -0.3 is 0 Å². The highest BCUT2D eigenvalue weighted by atomic mass is 32.2. The average Bonchev–Trinajstić information content (AvgIpc) is 3.02. The van der Waals surface area contributed by atoms with E-state index in [1.807, 2.05) is 6.07 Å². The molecule has 1 saturated carbocycles. The van der Waals surface area contributed by atoms with Crippen LogP contribution in [-0.2, 0) is 0 Å². The van der Waals surface area contributed by atoms with E-state index < -0.39 is 11.9 Å². The lowest BCUT2D eigenvalue weighted by atomic mass is 10.1. The minimum Gasteiger partial charge on any atom is -0.285 e. The van der Waals surface area contributed by atoms with Crippen molar-refractivity contribution in [3.05, 3.63) is 22.2 Å². The van der Waals surface area contributed by atoms with Crippen LogP contribution in [0.15, 0.2) is 16.1 Å². The average molecular weight is 293 g/mol. The van der Waals surface area contributed by atoms with E-state index in [2.05, 4.69) is 15.1 Å². The first-order valence-electron chi connectivity index (χ1n) is 6.32. The van der Waals surface area contributed by atoms with Gasteiger partial charge in [0, 0.05) is 5.75 Å². The molecular formula is C12H12FN5OS. The molecule has 8 heteroatoms. The van der Waals surface area contributed by atoms with Crippen LogP contribution in [0.25, 0.3) is 5.65 Å². The molecule has 0 saturated heterocycles. The zero-order valence-corrected chi connectivity index (χ0v) is 11.4. The third kappa shape index (κ3) is 2.41. The summed E-state index contributed by atoms with van der Waals surface area (Å²) in [5, 5.41) is 13.2. The molecule has 0 bridgehead atoms. The summed E-state index contributed by atoms with van der Waals surface area (Å²) in [6.07, 6.45) is 2.69. The second-order valence-corrected chi connectivity index (χ2v) is 5.85. The van der Waals surface area contributed by atoms with Crippen molar-refractivity contribution >= 4 is 17.4 Å². The highest BCUT2D eigenvalue weighted by Gasteiger charge is 2.24. The Morgan fingerprint density at radius 1 is 1.60 bits per heavy atom. The van der Waals surface area contributed by atoms with Crippen LogP contribution in [0.4, 0.5) is 4.39 Å². The summed E-state index contributed by atoms with van der Waals surface area (Å²) in [5.74, 6) is 1.03. The van der Waals surface area contributed by atoms with E-state index in [4.69, 9.17) is 5.26 Å². The summed E-state index contributed by atoms with van der Waals surface area (Å²) in [4.78, 5) is 18.7. The summed E-state index contributed by atoms with van der Waals surface area (Å²) >= 11 is 1.39. The molecule has 0 spiro atoms. The maximum atomic E-state index is 13.1. The molecular weight excluding hydrogens is 281 g/mol. The Bertz CT molecular complexity index is 734. The molecule has 0 amide bonds. The van der Waals surface area contributed by atoms with Gasteiger partial charge in [-0.05, 0) is 25.2 Å². The van der Waals surface area contributed by atoms with Crippen LogP contribution in [0.5, 0.6) is 0 Å². The molecule has 3 rings (SSSR count). The lowest BCUT2D eigenvalue weighted by Crippen LogP contribution is -2.19. The number of nitrogens with one attached hydrogen (secondary N) is 1. The molecule has 2 aromatic rings. The van der Waals surface area contributed by atoms with Crippen molar-refractivity contribution in [2.75, 3.05) is 5.75 Å². The van der Waals surface area contributed by atoms with Gasteiger partial charge in [-0.3, -0.25) is 4.98 Å². The minimum atomic E-state index is -0.699. The van der Waals surface area contributed by atoms with E-state index in [0.29, 0.717) is 23.9 Å². The van der Waals surface area contributed by atoms with Crippen LogP contribution in [0.2, 0.25) is 0 Å². The Kier molecular flexibility index (Phi) is 3.44. The van der Waals surface area contributed by atoms with Gasteiger partial charge in [-0.15, -0.1) is 0 Å². The number of nitriles is 1. The topological polar surface area (TPSA) is 86.8 Å². The quantitative estimate of drug-likeness (QED) is 0.867. The minimum absolute atomic E-state index is 0.258. The third-order valence-electron chi connectivity index (χ3n) is 3.41. The van der Waals surface area contributed by atoms with E-state index >= 15 is 0 Å². The van der Waals surface area contributed by atoms with Gasteiger partial charge in [0.05, 0.1) is 6.20 Å². The Hall–Kier alpha value is -1.88. The number of nitrogens with zero attached hydrogens (tertiary/aromatic N) is 4. The zero-order valence-electron chi connectivity index (χ0n) is 10.5. The fourth-order valence-corrected chi connectivity index (χ4v) is 3.38. The lowest BCUT2D eigenvalue weighted by Gasteiger charge is -2.07. The molecule has 0 aromatic carbocycles. The highest BCUT2D eigenvalue weighted by molar-refractivity contribution is 7.99. The largest absolute Gasteiger partial charge is 0.350 e. The van der Waals surface area contributed by atoms with Gasteiger partial charge in [-0.2, -0.15) is 14.9 Å². The maximum Gasteiger partial charge on any atom is 0.350 e. The predicted molar refractivity (Wildman–Crippen MR) is 71.3 cm³/mol. The van der Waals surface area contributed by atoms with Crippen molar-refractivity contribution in [3.63, 3.8) is 0 Å². The number of H-pyrrole nitrogens is 1. The molecule has 0 aliphatic heterocycles. The number of hydrogen-bond acceptors (Lipinski definition) is 5. The SMILES string of the molecule is N#Cc1cnn2c(=O)[nH]c(SCC3CCC(F)C3)nc12. The van der Waals surface area contributed by atoms with Crippen molar-refractivity contribution in [1.82, 2.24) is 19.6 Å². The molecule has 0 radical (unpaired) electrons. The Balaban J connectivity index is 1.81. The van der Waals surface area contributed by atoms with E-state index in [0.717, 1.165) is 16.7 Å². The van der Waals surface area contributed by atoms with Crippen molar-refractivity contribution in [2.45, 2.75) is 30.6 Å². The van der Waals surface area contributed by atoms with Gasteiger partial charge in [-0.25, -0.2) is 14.2 Å². The molecule has 1 aliphatic carbocycles. The van der Waals surface area contributed by atoms with Gasteiger partial charge in [0.1, 0.15) is 17.8 Å². The van der Waals surface area contributed by atoms with Crippen molar-refractivity contribution in [3.8, 4) is 6.07 Å². The van der Waals surface area contributed by atoms with Gasteiger partial charge in [-0.1, -0.05) is 11.8 Å². The molecule has 2 aromatic heterocycles. The molecule has 6 nitrogen and oxygen atoms in total. The summed E-state index contributed by atoms with van der Waals surface area (Å²) in [5.41, 5.74) is 0.102. The second-order valence-electron chi connectivity index (χ2n) is 4.84. The molecule has 20 heavy (non-hydrogen) atoms. The van der Waals surface area contributed by atoms with Crippen LogP contribution >= 0.6 is 11.8 Å². The van der Waals surface area contributed by atoms with Crippen molar-refractivity contribution < 1.29 is 4.39 Å². The fraction of sp³-hybridized carbons (Fsp3) is 0.500. The molecule has 1 fully saturated rings. The molecule has 1 aliphatic rings. The molecule has 1 N–H and O–H groups in total. The van der Waals surface area contributed by atoms with E-state index in [1.54, 1.807) is 0 Å². The van der Waals surface area contributed by atoms with Gasteiger partial charge >= 0.3 is 5.69 Å². The second kappa shape index (κ2) is 5.25. The van der Waals surface area contributed by atoms with Crippen LogP contribution in [0, 0.1) is 17.2 Å². The number of hydrogen-bond donors (Lipinski definition) is 1. The van der Waals surface area contributed by atoms with Gasteiger partial charge in [0.2, 0.25) is 0 Å². The Labute approximate surface area is 118 Å². The standard InChI is InChI=1S/C12H12FN5OS/c13-9-2-1-7(3-9)6-20-11-16-10-8(4-14)5-15-18(10)12(19)17-11/h5,7,9H,1-3,6H2,(H,16,17,19). The smallest absolute Gasteiger partial charge is 0.285 e. The molecule has 2 heterocycles. The maximum absolute atomic E-state index is 13.1. The number of rotatable bonds is 3. The number of aromatic amines is 1. The first kappa shape index (κ1) is 13.1. The predicted octanol–water partition coefficient (Wildman–Crippen LogP) is 1.52. The third-order valence-corrected chi connectivity index (χ3v) is 4.52. The summed E-state index contributed by atoms with van der Waals surface area (Å²) < 4.78 is 14.2. The zero-order chi connectivity index (χ0) is 14.1. The van der Waals surface area contributed by atoms with E-state index in [-0.39, 0.29) is 11.2 Å². The lowest BCUT2D eigenvalue weighted by molar-refractivity contribution is 0.335. The van der Waals surface area contributed by atoms with Crippen LogP contribution in [0.3, 0.4) is 0 Å². The van der Waals surface area contributed by atoms with Crippen molar-refractivity contribution in [1.29, 1.82) is 5.26 Å².